The molecule has 1 aromatic carbocycles. The maximum Gasteiger partial charge on any atom is 0.244 e. The second-order valence-corrected chi connectivity index (χ2v) is 5.90. The summed E-state index contributed by atoms with van der Waals surface area (Å²) in [5.41, 5.74) is 0.883. The van der Waals surface area contributed by atoms with E-state index in [4.69, 9.17) is 9.47 Å². The zero-order chi connectivity index (χ0) is 16.7. The predicted octanol–water partition coefficient (Wildman–Crippen LogP) is 4.05. The molecule has 1 unspecified atom stereocenters. The minimum absolute atomic E-state index is 0.00185. The summed E-state index contributed by atoms with van der Waals surface area (Å²) in [4.78, 5) is 13.1. The second kappa shape index (κ2) is 8.39. The first-order valence-electron chi connectivity index (χ1n) is 7.46. The Kier molecular flexibility index (Phi) is 6.23. The molecule has 2 aromatic rings. The zero-order valence-corrected chi connectivity index (χ0v) is 14.4. The fraction of sp³-hybridized carbons (Fsp3) is 0.278. The number of hydrogen-bond acceptors (Lipinski definition) is 4. The maximum atomic E-state index is 12.0. The van der Waals surface area contributed by atoms with Gasteiger partial charge in [0.25, 0.3) is 0 Å². The number of methoxy groups -OCH3 is 1. The smallest absolute Gasteiger partial charge is 0.244 e. The highest BCUT2D eigenvalue weighted by Gasteiger charge is 2.08. The zero-order valence-electron chi connectivity index (χ0n) is 13.5. The molecule has 0 fully saturated rings. The van der Waals surface area contributed by atoms with E-state index in [9.17, 15) is 4.79 Å². The lowest BCUT2D eigenvalue weighted by atomic mass is 10.2. The summed E-state index contributed by atoms with van der Waals surface area (Å²) in [5, 5.41) is 4.94. The lowest BCUT2D eigenvalue weighted by molar-refractivity contribution is -0.117. The summed E-state index contributed by atoms with van der Waals surface area (Å²) in [6.45, 7) is 4.45. The average Bonchev–Trinajstić information content (AvgIpc) is 3.08. The van der Waals surface area contributed by atoms with E-state index < -0.39 is 0 Å². The third-order valence-electron chi connectivity index (χ3n) is 3.24. The number of carbonyl (C=O) groups is 1. The topological polar surface area (TPSA) is 47.6 Å². The van der Waals surface area contributed by atoms with Crippen molar-refractivity contribution in [2.45, 2.75) is 19.9 Å². The Morgan fingerprint density at radius 2 is 2.17 bits per heavy atom. The van der Waals surface area contributed by atoms with Crippen LogP contribution in [0.25, 0.3) is 6.08 Å². The summed E-state index contributed by atoms with van der Waals surface area (Å²) < 4.78 is 10.8. The first-order chi connectivity index (χ1) is 11.1. The largest absolute Gasteiger partial charge is 0.493 e. The lowest BCUT2D eigenvalue weighted by Gasteiger charge is -2.10. The number of ether oxygens (including phenoxy) is 2. The first kappa shape index (κ1) is 17.1. The van der Waals surface area contributed by atoms with Gasteiger partial charge in [-0.3, -0.25) is 4.79 Å². The molecule has 0 bridgehead atoms. The normalized spacial score (nSPS) is 12.1. The monoisotopic (exact) mass is 331 g/mol. The Hall–Kier alpha value is -2.27. The molecule has 23 heavy (non-hydrogen) atoms. The summed E-state index contributed by atoms with van der Waals surface area (Å²) >= 11 is 1.63. The SMILES string of the molecule is CCOc1cc(/C=C/C(=O)NC(C)c2cccs2)ccc1OC. The highest BCUT2D eigenvalue weighted by atomic mass is 32.1. The van der Waals surface area contributed by atoms with Crippen molar-refractivity contribution >= 4 is 23.3 Å². The van der Waals surface area contributed by atoms with Crippen molar-refractivity contribution in [3.05, 3.63) is 52.2 Å². The summed E-state index contributed by atoms with van der Waals surface area (Å²) in [7, 11) is 1.60. The minimum atomic E-state index is -0.125. The fourth-order valence-corrected chi connectivity index (χ4v) is 2.84. The minimum Gasteiger partial charge on any atom is -0.493 e. The van der Waals surface area contributed by atoms with E-state index in [1.54, 1.807) is 24.5 Å². The number of hydrogen-bond donors (Lipinski definition) is 1. The molecule has 5 heteroatoms. The Morgan fingerprint density at radius 1 is 1.35 bits per heavy atom. The van der Waals surface area contributed by atoms with E-state index in [1.165, 1.54) is 6.08 Å². The number of carbonyl (C=O) groups excluding carboxylic acids is 1. The van der Waals surface area contributed by atoms with Gasteiger partial charge in [-0.15, -0.1) is 11.3 Å². The molecule has 0 aliphatic rings. The Labute approximate surface area is 140 Å². The molecular formula is C18H21NO3S. The highest BCUT2D eigenvalue weighted by Crippen LogP contribution is 2.28. The highest BCUT2D eigenvalue weighted by molar-refractivity contribution is 7.10. The van der Waals surface area contributed by atoms with Gasteiger partial charge in [0, 0.05) is 11.0 Å². The molecule has 0 spiro atoms. The summed E-state index contributed by atoms with van der Waals surface area (Å²) in [6, 6.07) is 9.56. The third-order valence-corrected chi connectivity index (χ3v) is 4.30. The molecule has 1 heterocycles. The molecule has 1 N–H and O–H groups in total. The second-order valence-electron chi connectivity index (χ2n) is 4.92. The predicted molar refractivity (Wildman–Crippen MR) is 94.1 cm³/mol. The maximum absolute atomic E-state index is 12.0. The number of nitrogens with one attached hydrogen (secondary N) is 1. The van der Waals surface area contributed by atoms with Gasteiger partial charge in [0.1, 0.15) is 0 Å². The third kappa shape index (κ3) is 4.86. The van der Waals surface area contributed by atoms with Gasteiger partial charge >= 0.3 is 0 Å². The van der Waals surface area contributed by atoms with Crippen molar-refractivity contribution < 1.29 is 14.3 Å². The molecular weight excluding hydrogens is 310 g/mol. The quantitative estimate of drug-likeness (QED) is 0.779. The summed E-state index contributed by atoms with van der Waals surface area (Å²) in [6.07, 6.45) is 3.29. The van der Waals surface area contributed by atoms with Gasteiger partial charge in [0.05, 0.1) is 19.8 Å². The van der Waals surface area contributed by atoms with Crippen LogP contribution in [0.3, 0.4) is 0 Å². The van der Waals surface area contributed by atoms with E-state index in [2.05, 4.69) is 5.32 Å². The van der Waals surface area contributed by atoms with Crippen LogP contribution in [0, 0.1) is 0 Å². The van der Waals surface area contributed by atoms with Crippen LogP contribution in [0.15, 0.2) is 41.8 Å². The molecule has 1 amide bonds. The molecule has 0 saturated heterocycles. The Bertz CT molecular complexity index is 665. The van der Waals surface area contributed by atoms with Crippen LogP contribution < -0.4 is 14.8 Å². The van der Waals surface area contributed by atoms with Gasteiger partial charge < -0.3 is 14.8 Å². The van der Waals surface area contributed by atoms with Gasteiger partial charge in [0.2, 0.25) is 5.91 Å². The number of thiophene rings is 1. The van der Waals surface area contributed by atoms with E-state index in [0.717, 1.165) is 10.4 Å². The Morgan fingerprint density at radius 3 is 2.83 bits per heavy atom. The van der Waals surface area contributed by atoms with E-state index in [1.807, 2.05) is 49.6 Å². The van der Waals surface area contributed by atoms with E-state index in [-0.39, 0.29) is 11.9 Å². The first-order valence-corrected chi connectivity index (χ1v) is 8.34. The number of benzene rings is 1. The van der Waals surface area contributed by atoms with E-state index >= 15 is 0 Å². The van der Waals surface area contributed by atoms with Crippen molar-refractivity contribution in [3.8, 4) is 11.5 Å². The molecule has 2 rings (SSSR count). The molecule has 4 nitrogen and oxygen atoms in total. The van der Waals surface area contributed by atoms with Gasteiger partial charge in [0.15, 0.2) is 11.5 Å². The molecule has 1 atom stereocenters. The van der Waals surface area contributed by atoms with Crippen LogP contribution in [0.5, 0.6) is 11.5 Å². The van der Waals surface area contributed by atoms with Crippen LogP contribution >= 0.6 is 11.3 Å². The standard InChI is InChI=1S/C18H21NO3S/c1-4-22-16-12-14(7-9-15(16)21-3)8-10-18(20)19-13(2)17-6-5-11-23-17/h5-13H,4H2,1-3H3,(H,19,20)/b10-8+. The average molecular weight is 331 g/mol. The van der Waals surface area contributed by atoms with Crippen molar-refractivity contribution in [1.82, 2.24) is 5.32 Å². The van der Waals surface area contributed by atoms with E-state index in [0.29, 0.717) is 18.1 Å². The van der Waals surface area contributed by atoms with Gasteiger partial charge in [-0.2, -0.15) is 0 Å². The summed E-state index contributed by atoms with van der Waals surface area (Å²) in [5.74, 6) is 1.23. The van der Waals surface area contributed by atoms with Crippen molar-refractivity contribution in [2.75, 3.05) is 13.7 Å². The number of rotatable bonds is 7. The van der Waals surface area contributed by atoms with Crippen molar-refractivity contribution in [3.63, 3.8) is 0 Å². The van der Waals surface area contributed by atoms with Gasteiger partial charge in [-0.05, 0) is 49.1 Å². The molecule has 122 valence electrons. The van der Waals surface area contributed by atoms with Crippen LogP contribution in [-0.2, 0) is 4.79 Å². The van der Waals surface area contributed by atoms with Gasteiger partial charge in [-0.25, -0.2) is 0 Å². The van der Waals surface area contributed by atoms with Crippen molar-refractivity contribution in [1.29, 1.82) is 0 Å². The lowest BCUT2D eigenvalue weighted by Crippen LogP contribution is -2.23. The fourth-order valence-electron chi connectivity index (χ4n) is 2.11. The van der Waals surface area contributed by atoms with Crippen LogP contribution in [0.4, 0.5) is 0 Å². The molecule has 0 saturated carbocycles. The molecule has 0 aliphatic carbocycles. The van der Waals surface area contributed by atoms with Crippen LogP contribution in [0.2, 0.25) is 0 Å². The van der Waals surface area contributed by atoms with Crippen LogP contribution in [0.1, 0.15) is 30.3 Å². The van der Waals surface area contributed by atoms with Crippen molar-refractivity contribution in [2.24, 2.45) is 0 Å². The number of amides is 1. The molecule has 0 radical (unpaired) electrons. The Balaban J connectivity index is 2.01. The van der Waals surface area contributed by atoms with Crippen LogP contribution in [-0.4, -0.2) is 19.6 Å². The van der Waals surface area contributed by atoms with Gasteiger partial charge in [-0.1, -0.05) is 12.1 Å². The molecule has 0 aliphatic heterocycles. The molecule has 1 aromatic heterocycles.